The van der Waals surface area contributed by atoms with Crippen LogP contribution >= 0.6 is 0 Å². The first kappa shape index (κ1) is 18.7. The minimum atomic E-state index is 0.0179. The van der Waals surface area contributed by atoms with Crippen molar-refractivity contribution in [1.29, 1.82) is 0 Å². The van der Waals surface area contributed by atoms with Gasteiger partial charge in [0.2, 0.25) is 5.91 Å². The number of hydrogen-bond donors (Lipinski definition) is 1. The maximum Gasteiger partial charge on any atom is 0.322 e. The van der Waals surface area contributed by atoms with E-state index in [4.69, 9.17) is 0 Å². The van der Waals surface area contributed by atoms with Crippen molar-refractivity contribution in [2.75, 3.05) is 18.4 Å². The van der Waals surface area contributed by atoms with Crippen molar-refractivity contribution >= 4 is 17.6 Å². The van der Waals surface area contributed by atoms with Crippen molar-refractivity contribution in [2.24, 2.45) is 0 Å². The second-order valence-electron chi connectivity index (χ2n) is 7.59. The van der Waals surface area contributed by atoms with Gasteiger partial charge in [-0.15, -0.1) is 0 Å². The summed E-state index contributed by atoms with van der Waals surface area (Å²) in [6.45, 7) is 3.13. The lowest BCUT2D eigenvalue weighted by Gasteiger charge is -2.42. The fourth-order valence-electron chi connectivity index (χ4n) is 4.33. The van der Waals surface area contributed by atoms with E-state index in [1.165, 1.54) is 25.7 Å². The van der Waals surface area contributed by atoms with Crippen LogP contribution in [-0.2, 0) is 4.79 Å². The summed E-state index contributed by atoms with van der Waals surface area (Å²) < 4.78 is 0. The summed E-state index contributed by atoms with van der Waals surface area (Å²) in [7, 11) is 0. The summed E-state index contributed by atoms with van der Waals surface area (Å²) in [5, 5.41) is 3.10. The molecule has 26 heavy (non-hydrogen) atoms. The summed E-state index contributed by atoms with van der Waals surface area (Å²) in [4.78, 5) is 28.8. The molecule has 1 aromatic rings. The van der Waals surface area contributed by atoms with E-state index >= 15 is 0 Å². The standard InChI is InChI=1S/C21H31N3O2/c1-17(25)23-15-13-20(14-16-23)24(19-11-7-2-3-8-12-19)21(26)22-18-9-5-4-6-10-18/h4-6,9-10,19-20H,2-3,7-8,11-16H2,1H3,(H,22,26). The molecule has 1 aromatic carbocycles. The molecule has 1 aliphatic carbocycles. The number of piperidine rings is 1. The van der Waals surface area contributed by atoms with E-state index in [2.05, 4.69) is 10.2 Å². The van der Waals surface area contributed by atoms with Crippen LogP contribution in [0, 0.1) is 0 Å². The maximum atomic E-state index is 13.2. The Hall–Kier alpha value is -2.04. The lowest BCUT2D eigenvalue weighted by atomic mass is 9.98. The SMILES string of the molecule is CC(=O)N1CCC(N(C(=O)Nc2ccccc2)C2CCCCCC2)CC1. The smallest absolute Gasteiger partial charge is 0.322 e. The first-order valence-corrected chi connectivity index (χ1v) is 10.0. The normalized spacial score (nSPS) is 19.7. The molecule has 142 valence electrons. The molecule has 1 aliphatic heterocycles. The van der Waals surface area contributed by atoms with E-state index in [0.717, 1.165) is 44.5 Å². The number of amides is 3. The number of likely N-dealkylation sites (tertiary alicyclic amines) is 1. The molecule has 0 aromatic heterocycles. The van der Waals surface area contributed by atoms with Gasteiger partial charge in [0, 0.05) is 37.8 Å². The van der Waals surface area contributed by atoms with Gasteiger partial charge in [0.1, 0.15) is 0 Å². The molecule has 0 unspecified atom stereocenters. The number of carbonyl (C=O) groups is 2. The highest BCUT2D eigenvalue weighted by molar-refractivity contribution is 5.89. The van der Waals surface area contributed by atoms with Crippen molar-refractivity contribution in [3.8, 4) is 0 Å². The molecule has 3 rings (SSSR count). The predicted octanol–water partition coefficient (Wildman–Crippen LogP) is 4.25. The average Bonchev–Trinajstić information content (AvgIpc) is 2.92. The number of benzene rings is 1. The number of anilines is 1. The Morgan fingerprint density at radius 2 is 1.50 bits per heavy atom. The van der Waals surface area contributed by atoms with E-state index in [1.807, 2.05) is 35.2 Å². The van der Waals surface area contributed by atoms with Gasteiger partial charge in [-0.25, -0.2) is 4.79 Å². The third kappa shape index (κ3) is 4.77. The molecule has 5 heteroatoms. The number of nitrogens with zero attached hydrogens (tertiary/aromatic N) is 2. The average molecular weight is 357 g/mol. The Morgan fingerprint density at radius 3 is 2.08 bits per heavy atom. The van der Waals surface area contributed by atoms with E-state index in [1.54, 1.807) is 6.92 Å². The monoisotopic (exact) mass is 357 g/mol. The highest BCUT2D eigenvalue weighted by Crippen LogP contribution is 2.28. The fraction of sp³-hybridized carbons (Fsp3) is 0.619. The molecule has 0 radical (unpaired) electrons. The van der Waals surface area contributed by atoms with Gasteiger partial charge in [-0.2, -0.15) is 0 Å². The Balaban J connectivity index is 1.73. The summed E-state index contributed by atoms with van der Waals surface area (Å²) in [5.74, 6) is 0.137. The molecule has 2 fully saturated rings. The number of nitrogens with one attached hydrogen (secondary N) is 1. The number of rotatable bonds is 3. The number of hydrogen-bond acceptors (Lipinski definition) is 2. The van der Waals surface area contributed by atoms with Crippen molar-refractivity contribution in [3.05, 3.63) is 30.3 Å². The van der Waals surface area contributed by atoms with Gasteiger partial charge in [0.15, 0.2) is 0 Å². The van der Waals surface area contributed by atoms with Crippen LogP contribution in [0.5, 0.6) is 0 Å². The zero-order valence-corrected chi connectivity index (χ0v) is 15.8. The maximum absolute atomic E-state index is 13.2. The summed E-state index contributed by atoms with van der Waals surface area (Å²) >= 11 is 0. The van der Waals surface area contributed by atoms with Crippen LogP contribution < -0.4 is 5.32 Å². The molecule has 0 spiro atoms. The highest BCUT2D eigenvalue weighted by atomic mass is 16.2. The third-order valence-electron chi connectivity index (χ3n) is 5.78. The van der Waals surface area contributed by atoms with Gasteiger partial charge in [-0.05, 0) is 37.8 Å². The van der Waals surface area contributed by atoms with Gasteiger partial charge in [0.25, 0.3) is 0 Å². The van der Waals surface area contributed by atoms with Crippen LogP contribution in [0.1, 0.15) is 58.3 Å². The minimum absolute atomic E-state index is 0.0179. The molecule has 1 saturated heterocycles. The predicted molar refractivity (Wildman–Crippen MR) is 104 cm³/mol. The van der Waals surface area contributed by atoms with Crippen LogP contribution in [-0.4, -0.2) is 46.9 Å². The molecule has 2 aliphatic rings. The largest absolute Gasteiger partial charge is 0.343 e. The van der Waals surface area contributed by atoms with Gasteiger partial charge >= 0.3 is 6.03 Å². The van der Waals surface area contributed by atoms with Gasteiger partial charge in [0.05, 0.1) is 0 Å². The third-order valence-corrected chi connectivity index (χ3v) is 5.78. The Bertz CT molecular complexity index is 589. The molecule has 0 bridgehead atoms. The zero-order chi connectivity index (χ0) is 18.4. The summed E-state index contributed by atoms with van der Waals surface area (Å²) in [5.41, 5.74) is 0.845. The van der Waals surface area contributed by atoms with Crippen molar-refractivity contribution < 1.29 is 9.59 Å². The van der Waals surface area contributed by atoms with E-state index in [9.17, 15) is 9.59 Å². The summed E-state index contributed by atoms with van der Waals surface area (Å²) in [6.07, 6.45) is 8.87. The van der Waals surface area contributed by atoms with Crippen molar-refractivity contribution in [3.63, 3.8) is 0 Å². The van der Waals surface area contributed by atoms with Crippen LogP contribution in [0.4, 0.5) is 10.5 Å². The van der Waals surface area contributed by atoms with Crippen molar-refractivity contribution in [1.82, 2.24) is 9.80 Å². The molecular weight excluding hydrogens is 326 g/mol. The molecular formula is C21H31N3O2. The minimum Gasteiger partial charge on any atom is -0.343 e. The highest BCUT2D eigenvalue weighted by Gasteiger charge is 2.33. The van der Waals surface area contributed by atoms with Crippen LogP contribution in [0.15, 0.2) is 30.3 Å². The summed E-state index contributed by atoms with van der Waals surface area (Å²) in [6, 6.07) is 10.3. The van der Waals surface area contributed by atoms with Gasteiger partial charge in [-0.3, -0.25) is 4.79 Å². The molecule has 1 N–H and O–H groups in total. The number of para-hydroxylation sites is 1. The van der Waals surface area contributed by atoms with Crippen LogP contribution in [0.2, 0.25) is 0 Å². The lowest BCUT2D eigenvalue weighted by Crippen LogP contribution is -2.53. The molecule has 3 amide bonds. The van der Waals surface area contributed by atoms with Crippen LogP contribution in [0.25, 0.3) is 0 Å². The van der Waals surface area contributed by atoms with Crippen LogP contribution in [0.3, 0.4) is 0 Å². The first-order chi connectivity index (χ1) is 12.6. The Kier molecular flexibility index (Phi) is 6.53. The molecule has 5 nitrogen and oxygen atoms in total. The second kappa shape index (κ2) is 9.06. The fourth-order valence-corrected chi connectivity index (χ4v) is 4.33. The molecule has 0 atom stereocenters. The second-order valence-corrected chi connectivity index (χ2v) is 7.59. The number of urea groups is 1. The molecule has 1 saturated carbocycles. The topological polar surface area (TPSA) is 52.7 Å². The zero-order valence-electron chi connectivity index (χ0n) is 15.8. The number of carbonyl (C=O) groups excluding carboxylic acids is 2. The van der Waals surface area contributed by atoms with E-state index in [0.29, 0.717) is 6.04 Å². The van der Waals surface area contributed by atoms with E-state index in [-0.39, 0.29) is 18.0 Å². The Labute approximate surface area is 156 Å². The molecule has 1 heterocycles. The lowest BCUT2D eigenvalue weighted by molar-refractivity contribution is -0.130. The van der Waals surface area contributed by atoms with Gasteiger partial charge < -0.3 is 15.1 Å². The van der Waals surface area contributed by atoms with Gasteiger partial charge in [-0.1, -0.05) is 43.9 Å². The van der Waals surface area contributed by atoms with E-state index < -0.39 is 0 Å². The quantitative estimate of drug-likeness (QED) is 0.822. The first-order valence-electron chi connectivity index (χ1n) is 10.0. The van der Waals surface area contributed by atoms with Crippen molar-refractivity contribution in [2.45, 2.75) is 70.4 Å². The Morgan fingerprint density at radius 1 is 0.923 bits per heavy atom.